The first kappa shape index (κ1) is 31.2. The van der Waals surface area contributed by atoms with E-state index >= 15 is 0 Å². The molecule has 4 aliphatic heterocycles. The van der Waals surface area contributed by atoms with Gasteiger partial charge in [0.05, 0.1) is 16.3 Å². The molecule has 46 heavy (non-hydrogen) atoms. The van der Waals surface area contributed by atoms with Crippen LogP contribution in [0.25, 0.3) is 0 Å². The molecular weight excluding hydrogens is 708 g/mol. The Balaban J connectivity index is 0.000000147. The van der Waals surface area contributed by atoms with Crippen molar-refractivity contribution >= 4 is 54.6 Å². The van der Waals surface area contributed by atoms with E-state index in [4.69, 9.17) is 5.73 Å². The summed E-state index contributed by atoms with van der Waals surface area (Å²) in [6.45, 7) is 6.06. The van der Waals surface area contributed by atoms with Gasteiger partial charge < -0.3 is 15.5 Å². The molecule has 0 aliphatic carbocycles. The van der Waals surface area contributed by atoms with E-state index in [0.29, 0.717) is 24.2 Å². The third-order valence-corrected chi connectivity index (χ3v) is 10.9. The van der Waals surface area contributed by atoms with Crippen LogP contribution in [0.2, 0.25) is 0 Å². The van der Waals surface area contributed by atoms with E-state index < -0.39 is 0 Å². The average molecular weight is 747 g/mol. The van der Waals surface area contributed by atoms with Gasteiger partial charge in [0.25, 0.3) is 5.69 Å². The zero-order valence-electron chi connectivity index (χ0n) is 25.6. The number of piperazine rings is 2. The molecule has 2 N–H and O–H groups in total. The number of nitrogens with zero attached hydrogens (tertiary/aromatic N) is 5. The molecule has 4 atom stereocenters. The second kappa shape index (κ2) is 13.4. The molecule has 4 bridgehead atoms. The van der Waals surface area contributed by atoms with E-state index in [-0.39, 0.29) is 10.6 Å². The molecule has 8 rings (SSSR count). The zero-order chi connectivity index (χ0) is 31.8. The van der Waals surface area contributed by atoms with Crippen molar-refractivity contribution in [3.05, 3.63) is 127 Å². The van der Waals surface area contributed by atoms with E-state index in [1.165, 1.54) is 23.2 Å². The monoisotopic (exact) mass is 744 g/mol. The number of nitrogens with two attached hydrogens (primary N) is 1. The van der Waals surface area contributed by atoms with Crippen molar-refractivity contribution in [2.75, 3.05) is 41.7 Å². The number of nitrogen functional groups attached to an aromatic ring is 1. The van der Waals surface area contributed by atoms with Gasteiger partial charge in [-0.2, -0.15) is 0 Å². The van der Waals surface area contributed by atoms with Gasteiger partial charge in [0, 0.05) is 78.4 Å². The summed E-state index contributed by atoms with van der Waals surface area (Å²) < 4.78 is 1.79. The van der Waals surface area contributed by atoms with Gasteiger partial charge in [-0.25, -0.2) is 0 Å². The van der Waals surface area contributed by atoms with Crippen molar-refractivity contribution in [3.8, 4) is 0 Å². The highest BCUT2D eigenvalue weighted by Gasteiger charge is 2.45. The lowest BCUT2D eigenvalue weighted by Gasteiger charge is -2.36. The zero-order valence-corrected chi connectivity index (χ0v) is 28.8. The smallest absolute Gasteiger partial charge is 0.293 e. The number of halogens is 2. The molecule has 0 radical (unpaired) electrons. The lowest BCUT2D eigenvalue weighted by Crippen LogP contribution is -2.46. The lowest BCUT2D eigenvalue weighted by atomic mass is 10.2. The van der Waals surface area contributed by atoms with E-state index in [2.05, 4.69) is 118 Å². The minimum atomic E-state index is -0.284. The Kier molecular flexibility index (Phi) is 9.05. The van der Waals surface area contributed by atoms with E-state index in [1.807, 2.05) is 24.3 Å². The van der Waals surface area contributed by atoms with Gasteiger partial charge in [-0.05, 0) is 54.3 Å². The van der Waals surface area contributed by atoms with Gasteiger partial charge in [-0.1, -0.05) is 92.5 Å². The molecule has 0 amide bonds. The quantitative estimate of drug-likeness (QED) is 0.121. The van der Waals surface area contributed by atoms with Crippen LogP contribution in [-0.2, 0) is 13.1 Å². The van der Waals surface area contributed by atoms with Gasteiger partial charge in [0.2, 0.25) is 0 Å². The second-order valence-corrected chi connectivity index (χ2v) is 14.6. The molecular formula is C36H38Br2N6O2. The van der Waals surface area contributed by atoms with Crippen molar-refractivity contribution in [1.29, 1.82) is 0 Å². The number of rotatable bonds is 7. The van der Waals surface area contributed by atoms with Crippen LogP contribution in [0.5, 0.6) is 0 Å². The minimum absolute atomic E-state index is 0.187. The normalized spacial score (nSPS) is 23.5. The summed E-state index contributed by atoms with van der Waals surface area (Å²) in [7, 11) is 0. The van der Waals surface area contributed by atoms with E-state index in [1.54, 1.807) is 6.07 Å². The van der Waals surface area contributed by atoms with E-state index in [9.17, 15) is 10.1 Å². The maximum atomic E-state index is 11.4. The van der Waals surface area contributed by atoms with Crippen LogP contribution in [0.4, 0.5) is 22.7 Å². The van der Waals surface area contributed by atoms with Crippen LogP contribution in [0.1, 0.15) is 24.0 Å². The van der Waals surface area contributed by atoms with Gasteiger partial charge in [-0.15, -0.1) is 0 Å². The number of hydrogen-bond acceptors (Lipinski definition) is 7. The lowest BCUT2D eigenvalue weighted by molar-refractivity contribution is -0.384. The van der Waals surface area contributed by atoms with E-state index in [0.717, 1.165) is 66.0 Å². The molecule has 8 nitrogen and oxygen atoms in total. The first-order valence-corrected chi connectivity index (χ1v) is 17.5. The molecule has 4 saturated heterocycles. The summed E-state index contributed by atoms with van der Waals surface area (Å²) in [5.41, 5.74) is 11.9. The fourth-order valence-electron chi connectivity index (χ4n) is 7.78. The number of anilines is 3. The van der Waals surface area contributed by atoms with Gasteiger partial charge in [0.1, 0.15) is 5.69 Å². The van der Waals surface area contributed by atoms with Gasteiger partial charge in [0.15, 0.2) is 0 Å². The third kappa shape index (κ3) is 6.53. The topological polar surface area (TPSA) is 82.1 Å². The summed E-state index contributed by atoms with van der Waals surface area (Å²) >= 11 is 6.82. The maximum Gasteiger partial charge on any atom is 0.293 e. The summed E-state index contributed by atoms with van der Waals surface area (Å²) in [5, 5.41) is 11.4. The number of fused-ring (bicyclic) bond motifs is 4. The molecule has 4 heterocycles. The van der Waals surface area contributed by atoms with Crippen LogP contribution in [-0.4, -0.2) is 65.1 Å². The Morgan fingerprint density at radius 3 is 1.59 bits per heavy atom. The molecule has 0 spiro atoms. The molecule has 0 saturated carbocycles. The summed E-state index contributed by atoms with van der Waals surface area (Å²) in [5.74, 6) is 0. The van der Waals surface area contributed by atoms with Crippen LogP contribution < -0.4 is 15.5 Å². The molecule has 4 aromatic rings. The Labute approximate surface area is 287 Å². The highest BCUT2D eigenvalue weighted by Crippen LogP contribution is 2.41. The minimum Gasteiger partial charge on any atom is -0.397 e. The van der Waals surface area contributed by atoms with Crippen LogP contribution in [0, 0.1) is 10.1 Å². The number of nitro benzene ring substituents is 1. The van der Waals surface area contributed by atoms with Crippen LogP contribution in [0.15, 0.2) is 106 Å². The largest absolute Gasteiger partial charge is 0.397 e. The number of likely N-dealkylation sites (tertiary alicyclic amines) is 2. The number of benzene rings is 4. The van der Waals surface area contributed by atoms with Crippen molar-refractivity contribution in [3.63, 3.8) is 0 Å². The Bertz CT molecular complexity index is 1690. The van der Waals surface area contributed by atoms with Gasteiger partial charge in [-0.3, -0.25) is 19.9 Å². The summed E-state index contributed by atoms with van der Waals surface area (Å²) in [4.78, 5) is 20.9. The van der Waals surface area contributed by atoms with Crippen molar-refractivity contribution < 1.29 is 4.92 Å². The first-order valence-electron chi connectivity index (χ1n) is 15.9. The highest BCUT2D eigenvalue weighted by atomic mass is 79.9. The molecule has 0 aromatic heterocycles. The predicted molar refractivity (Wildman–Crippen MR) is 192 cm³/mol. The van der Waals surface area contributed by atoms with Crippen LogP contribution in [0.3, 0.4) is 0 Å². The standard InChI is InChI=1S/C18H18BrN3O2.C18H20BrN3/c19-14-6-7-17(18(8-14)22(23)24)21-12-15-9-16(21)11-20(15)10-13-4-2-1-3-5-13;19-14-6-7-18(17(20)8-14)22-12-15-9-16(22)11-21(15)10-13-4-2-1-3-5-13/h1-8,15-16H,9-12H2;1-8,15-16H,9-12,20H2. The predicted octanol–water partition coefficient (Wildman–Crippen LogP) is 7.31. The number of nitro groups is 1. The fraction of sp³-hybridized carbons (Fsp3) is 0.333. The Morgan fingerprint density at radius 2 is 1.13 bits per heavy atom. The average Bonchev–Trinajstić information content (AvgIpc) is 3.84. The molecule has 4 fully saturated rings. The highest BCUT2D eigenvalue weighted by molar-refractivity contribution is 9.10. The second-order valence-electron chi connectivity index (χ2n) is 12.8. The third-order valence-electron chi connectivity index (χ3n) is 9.91. The van der Waals surface area contributed by atoms with Gasteiger partial charge >= 0.3 is 0 Å². The number of hydrogen-bond donors (Lipinski definition) is 1. The maximum absolute atomic E-state index is 11.4. The summed E-state index contributed by atoms with van der Waals surface area (Å²) in [6, 6.07) is 34.9. The summed E-state index contributed by atoms with van der Waals surface area (Å²) in [6.07, 6.45) is 2.34. The molecule has 4 unspecified atom stereocenters. The molecule has 238 valence electrons. The van der Waals surface area contributed by atoms with Crippen molar-refractivity contribution in [1.82, 2.24) is 9.80 Å². The molecule has 10 heteroatoms. The van der Waals surface area contributed by atoms with Crippen LogP contribution >= 0.6 is 31.9 Å². The fourth-order valence-corrected chi connectivity index (χ4v) is 8.51. The SMILES string of the molecule is Nc1cc(Br)ccc1N1CC2CC1CN2Cc1ccccc1.O=[N+]([O-])c1cc(Br)ccc1N1CC2CC1CN2Cc1ccccc1. The Morgan fingerprint density at radius 1 is 0.652 bits per heavy atom. The molecule has 4 aromatic carbocycles. The van der Waals surface area contributed by atoms with Crippen molar-refractivity contribution in [2.24, 2.45) is 0 Å². The molecule has 4 aliphatic rings. The Hall–Kier alpha value is -3.44. The first-order chi connectivity index (χ1) is 22.3. The van der Waals surface area contributed by atoms with Crippen molar-refractivity contribution in [2.45, 2.75) is 50.1 Å².